The van der Waals surface area contributed by atoms with Crippen LogP contribution in [0.3, 0.4) is 0 Å². The highest BCUT2D eigenvalue weighted by Crippen LogP contribution is 2.28. The van der Waals surface area contributed by atoms with Crippen LogP contribution in [0.5, 0.6) is 0 Å². The summed E-state index contributed by atoms with van der Waals surface area (Å²) in [6, 6.07) is 4.52. The minimum Gasteiger partial charge on any atom is -0.399 e. The molecule has 0 heterocycles. The number of thioether (sulfide) groups is 1. The summed E-state index contributed by atoms with van der Waals surface area (Å²) in [6.07, 6.45) is 0. The third kappa shape index (κ3) is 5.85. The minimum absolute atomic E-state index is 0.0242. The monoisotopic (exact) mass is 301 g/mol. The van der Waals surface area contributed by atoms with E-state index in [0.717, 1.165) is 0 Å². The van der Waals surface area contributed by atoms with E-state index in [1.54, 1.807) is 18.2 Å². The molecule has 0 unspecified atom stereocenters. The van der Waals surface area contributed by atoms with Gasteiger partial charge in [0, 0.05) is 16.6 Å². The van der Waals surface area contributed by atoms with Crippen LogP contribution in [0.1, 0.15) is 13.8 Å². The number of hydrogen-bond donors (Lipinski definition) is 3. The van der Waals surface area contributed by atoms with E-state index in [-0.39, 0.29) is 17.7 Å². The summed E-state index contributed by atoms with van der Waals surface area (Å²) in [5.41, 5.74) is 6.21. The van der Waals surface area contributed by atoms with Crippen LogP contribution in [-0.4, -0.2) is 23.7 Å². The van der Waals surface area contributed by atoms with E-state index in [9.17, 15) is 9.59 Å². The van der Waals surface area contributed by atoms with Crippen molar-refractivity contribution in [3.63, 3.8) is 0 Å². The van der Waals surface area contributed by atoms with Crippen molar-refractivity contribution >= 4 is 41.0 Å². The number of rotatable bonds is 4. The van der Waals surface area contributed by atoms with E-state index in [4.69, 9.17) is 17.3 Å². The predicted molar refractivity (Wildman–Crippen MR) is 78.4 cm³/mol. The molecule has 1 aromatic rings. The van der Waals surface area contributed by atoms with Crippen LogP contribution >= 0.6 is 23.4 Å². The fourth-order valence-electron chi connectivity index (χ4n) is 1.23. The Morgan fingerprint density at radius 3 is 2.74 bits per heavy atom. The Bertz CT molecular complexity index is 480. The van der Waals surface area contributed by atoms with Gasteiger partial charge in [-0.2, -0.15) is 0 Å². The third-order valence-electron chi connectivity index (χ3n) is 1.99. The molecule has 0 saturated carbocycles. The van der Waals surface area contributed by atoms with Crippen molar-refractivity contribution in [2.45, 2.75) is 24.8 Å². The van der Waals surface area contributed by atoms with Crippen LogP contribution < -0.4 is 16.4 Å². The van der Waals surface area contributed by atoms with E-state index >= 15 is 0 Å². The molecule has 1 aromatic carbocycles. The largest absolute Gasteiger partial charge is 0.399 e. The zero-order chi connectivity index (χ0) is 14.4. The Labute approximate surface area is 121 Å². The number of hydrogen-bond acceptors (Lipinski definition) is 4. The molecule has 1 rings (SSSR count). The fraction of sp³-hybridized carbons (Fsp3) is 0.333. The van der Waals surface area contributed by atoms with Gasteiger partial charge in [-0.1, -0.05) is 11.6 Å². The summed E-state index contributed by atoms with van der Waals surface area (Å²) in [5, 5.41) is 5.32. The SMILES string of the molecule is CC(C)NC(=O)NC(=O)CSc1cc(N)ccc1Cl. The molecule has 0 saturated heterocycles. The second-order valence-corrected chi connectivity index (χ2v) is 5.58. The van der Waals surface area contributed by atoms with E-state index in [1.165, 1.54) is 11.8 Å². The molecular weight excluding hydrogens is 286 g/mol. The second-order valence-electron chi connectivity index (χ2n) is 4.15. The number of nitrogens with one attached hydrogen (secondary N) is 2. The average molecular weight is 302 g/mol. The van der Waals surface area contributed by atoms with Gasteiger partial charge in [0.25, 0.3) is 0 Å². The molecule has 0 atom stereocenters. The number of anilines is 1. The van der Waals surface area contributed by atoms with Gasteiger partial charge in [0.2, 0.25) is 5.91 Å². The molecule has 4 N–H and O–H groups in total. The van der Waals surface area contributed by atoms with E-state index in [0.29, 0.717) is 15.6 Å². The fourth-order valence-corrected chi connectivity index (χ4v) is 2.30. The maximum atomic E-state index is 11.5. The lowest BCUT2D eigenvalue weighted by molar-refractivity contribution is -0.117. The number of benzene rings is 1. The van der Waals surface area contributed by atoms with Crippen molar-refractivity contribution < 1.29 is 9.59 Å². The summed E-state index contributed by atoms with van der Waals surface area (Å²) in [7, 11) is 0. The number of nitrogen functional groups attached to an aromatic ring is 1. The van der Waals surface area contributed by atoms with Crippen LogP contribution in [-0.2, 0) is 4.79 Å². The van der Waals surface area contributed by atoms with Crippen molar-refractivity contribution in [3.8, 4) is 0 Å². The molecule has 7 heteroatoms. The number of carbonyl (C=O) groups is 2. The highest BCUT2D eigenvalue weighted by atomic mass is 35.5. The molecule has 0 spiro atoms. The Morgan fingerprint density at radius 2 is 2.11 bits per heavy atom. The van der Waals surface area contributed by atoms with Gasteiger partial charge in [-0.25, -0.2) is 4.79 Å². The first kappa shape index (κ1) is 15.7. The van der Waals surface area contributed by atoms with Gasteiger partial charge in [0.15, 0.2) is 0 Å². The number of imide groups is 1. The number of halogens is 1. The Kier molecular flexibility index (Phi) is 5.98. The number of amides is 3. The van der Waals surface area contributed by atoms with Crippen LogP contribution in [0.25, 0.3) is 0 Å². The van der Waals surface area contributed by atoms with Crippen molar-refractivity contribution in [3.05, 3.63) is 23.2 Å². The van der Waals surface area contributed by atoms with Gasteiger partial charge in [-0.05, 0) is 32.0 Å². The normalized spacial score (nSPS) is 10.3. The second kappa shape index (κ2) is 7.25. The Balaban J connectivity index is 2.46. The zero-order valence-corrected chi connectivity index (χ0v) is 12.3. The first-order chi connectivity index (χ1) is 8.88. The summed E-state index contributed by atoms with van der Waals surface area (Å²) >= 11 is 7.19. The first-order valence-electron chi connectivity index (χ1n) is 5.66. The van der Waals surface area contributed by atoms with Crippen LogP contribution in [0.4, 0.5) is 10.5 Å². The van der Waals surface area contributed by atoms with Gasteiger partial charge >= 0.3 is 6.03 Å². The van der Waals surface area contributed by atoms with Gasteiger partial charge in [0.05, 0.1) is 10.8 Å². The molecule has 19 heavy (non-hydrogen) atoms. The van der Waals surface area contributed by atoms with Crippen molar-refractivity contribution in [2.24, 2.45) is 0 Å². The standard InChI is InChI=1S/C12H16ClN3O2S/c1-7(2)15-12(18)16-11(17)6-19-10-5-8(14)3-4-9(10)13/h3-5,7H,6,14H2,1-2H3,(H2,15,16,17,18). The molecule has 0 radical (unpaired) electrons. The molecule has 0 fully saturated rings. The third-order valence-corrected chi connectivity index (χ3v) is 3.48. The van der Waals surface area contributed by atoms with Gasteiger partial charge in [0.1, 0.15) is 0 Å². The summed E-state index contributed by atoms with van der Waals surface area (Å²) in [5.74, 6) is -0.295. The quantitative estimate of drug-likeness (QED) is 0.588. The number of carbonyl (C=O) groups excluding carboxylic acids is 2. The molecular formula is C12H16ClN3O2S. The van der Waals surface area contributed by atoms with Gasteiger partial charge < -0.3 is 11.1 Å². The average Bonchev–Trinajstić information content (AvgIpc) is 2.29. The maximum absolute atomic E-state index is 11.5. The molecule has 5 nitrogen and oxygen atoms in total. The summed E-state index contributed by atoms with van der Waals surface area (Å²) in [4.78, 5) is 23.5. The van der Waals surface area contributed by atoms with E-state index in [1.807, 2.05) is 13.8 Å². The maximum Gasteiger partial charge on any atom is 0.321 e. The number of nitrogens with two attached hydrogens (primary N) is 1. The molecule has 104 valence electrons. The zero-order valence-electron chi connectivity index (χ0n) is 10.7. The number of urea groups is 1. The minimum atomic E-state index is -0.501. The topological polar surface area (TPSA) is 84.2 Å². The van der Waals surface area contributed by atoms with Crippen LogP contribution in [0.2, 0.25) is 5.02 Å². The molecule has 0 aliphatic rings. The van der Waals surface area contributed by atoms with Gasteiger partial charge in [-0.15, -0.1) is 11.8 Å². The molecule has 0 aliphatic heterocycles. The lowest BCUT2D eigenvalue weighted by Gasteiger charge is -2.09. The van der Waals surface area contributed by atoms with Gasteiger partial charge in [-0.3, -0.25) is 10.1 Å². The van der Waals surface area contributed by atoms with Crippen molar-refractivity contribution in [1.82, 2.24) is 10.6 Å². The van der Waals surface area contributed by atoms with Crippen LogP contribution in [0.15, 0.2) is 23.1 Å². The summed E-state index contributed by atoms with van der Waals surface area (Å²) in [6.45, 7) is 3.62. The van der Waals surface area contributed by atoms with Crippen molar-refractivity contribution in [1.29, 1.82) is 0 Å². The highest BCUT2D eigenvalue weighted by Gasteiger charge is 2.10. The van der Waals surface area contributed by atoms with E-state index < -0.39 is 6.03 Å². The molecule has 0 aliphatic carbocycles. The van der Waals surface area contributed by atoms with E-state index in [2.05, 4.69) is 10.6 Å². The first-order valence-corrected chi connectivity index (χ1v) is 7.03. The lowest BCUT2D eigenvalue weighted by atomic mass is 10.3. The smallest absolute Gasteiger partial charge is 0.321 e. The lowest BCUT2D eigenvalue weighted by Crippen LogP contribution is -2.43. The Hall–Kier alpha value is -1.40. The van der Waals surface area contributed by atoms with Crippen molar-refractivity contribution in [2.75, 3.05) is 11.5 Å². The molecule has 0 aromatic heterocycles. The molecule has 3 amide bonds. The summed E-state index contributed by atoms with van der Waals surface area (Å²) < 4.78 is 0. The Morgan fingerprint density at radius 1 is 1.42 bits per heavy atom. The highest BCUT2D eigenvalue weighted by molar-refractivity contribution is 8.00. The van der Waals surface area contributed by atoms with Crippen LogP contribution in [0, 0.1) is 0 Å². The predicted octanol–water partition coefficient (Wildman–Crippen LogP) is 2.25. The molecule has 0 bridgehead atoms.